The minimum Gasteiger partial charge on any atom is -0.238 e. The van der Waals surface area contributed by atoms with Gasteiger partial charge in [-0.05, 0) is 43.0 Å². The fourth-order valence-electron chi connectivity index (χ4n) is 1.00. The van der Waals surface area contributed by atoms with Crippen LogP contribution < -0.4 is 0 Å². The van der Waals surface area contributed by atoms with Crippen molar-refractivity contribution >= 4 is 23.1 Å². The van der Waals surface area contributed by atoms with E-state index in [1.807, 2.05) is 5.38 Å². The van der Waals surface area contributed by atoms with Gasteiger partial charge in [0.05, 0.1) is 5.54 Å². The van der Waals surface area contributed by atoms with E-state index in [0.717, 1.165) is 9.50 Å². The molecule has 0 unspecified atom stereocenters. The van der Waals surface area contributed by atoms with Gasteiger partial charge in [0.25, 0.3) is 0 Å². The summed E-state index contributed by atoms with van der Waals surface area (Å²) >= 11 is 3.07. The third kappa shape index (κ3) is 2.35. The topological polar surface area (TPSA) is 56.5 Å². The van der Waals surface area contributed by atoms with Gasteiger partial charge in [-0.15, -0.1) is 16.4 Å². The smallest absolute Gasteiger partial charge is 0.216 e. The van der Waals surface area contributed by atoms with Crippen LogP contribution >= 0.6 is 23.1 Å². The number of thiazole rings is 1. The van der Waals surface area contributed by atoms with Crippen LogP contribution in [0.15, 0.2) is 21.1 Å². The molecule has 0 bridgehead atoms. The van der Waals surface area contributed by atoms with Gasteiger partial charge in [0, 0.05) is 11.6 Å². The Balaban J connectivity index is 2.26. The Kier molecular flexibility index (Phi) is 2.74. The predicted molar refractivity (Wildman–Crippen MR) is 59.1 cm³/mol. The highest BCUT2D eigenvalue weighted by atomic mass is 32.2. The highest BCUT2D eigenvalue weighted by molar-refractivity contribution is 8.00. The van der Waals surface area contributed by atoms with Crippen molar-refractivity contribution in [1.82, 2.24) is 25.2 Å². The van der Waals surface area contributed by atoms with E-state index in [0.29, 0.717) is 0 Å². The molecule has 0 aliphatic carbocycles. The first kappa shape index (κ1) is 10.6. The Labute approximate surface area is 95.9 Å². The highest BCUT2D eigenvalue weighted by Gasteiger charge is 2.20. The van der Waals surface area contributed by atoms with Gasteiger partial charge in [-0.3, -0.25) is 0 Å². The van der Waals surface area contributed by atoms with E-state index < -0.39 is 0 Å². The van der Waals surface area contributed by atoms with Gasteiger partial charge in [-0.2, -0.15) is 0 Å². The lowest BCUT2D eigenvalue weighted by atomic mass is 10.1. The van der Waals surface area contributed by atoms with Crippen molar-refractivity contribution in [3.63, 3.8) is 0 Å². The average Bonchev–Trinajstić information content (AvgIpc) is 2.73. The van der Waals surface area contributed by atoms with Crippen molar-refractivity contribution < 1.29 is 0 Å². The number of nitrogens with zero attached hydrogens (tertiary/aromatic N) is 5. The number of tetrazole rings is 1. The maximum absolute atomic E-state index is 4.19. The fourth-order valence-corrected chi connectivity index (χ4v) is 2.69. The molecule has 0 amide bonds. The molecule has 0 spiro atoms. The van der Waals surface area contributed by atoms with Gasteiger partial charge in [-0.1, -0.05) is 0 Å². The first-order valence-electron chi connectivity index (χ1n) is 4.43. The summed E-state index contributed by atoms with van der Waals surface area (Å²) in [6, 6.07) is 0. The monoisotopic (exact) mass is 241 g/mol. The summed E-state index contributed by atoms with van der Waals surface area (Å²) in [7, 11) is 0. The average molecular weight is 241 g/mol. The van der Waals surface area contributed by atoms with E-state index in [1.165, 1.54) is 11.8 Å². The Morgan fingerprint density at radius 2 is 2.20 bits per heavy atom. The fraction of sp³-hybridized carbons (Fsp3) is 0.500. The van der Waals surface area contributed by atoms with Crippen LogP contribution in [0, 0.1) is 0 Å². The van der Waals surface area contributed by atoms with E-state index in [1.54, 1.807) is 22.2 Å². The van der Waals surface area contributed by atoms with E-state index in [-0.39, 0.29) is 5.54 Å². The highest BCUT2D eigenvalue weighted by Crippen LogP contribution is 2.29. The molecule has 0 N–H and O–H groups in total. The molecular formula is C8H11N5S2. The molecule has 0 aliphatic heterocycles. The van der Waals surface area contributed by atoms with Crippen molar-refractivity contribution in [3.8, 4) is 0 Å². The van der Waals surface area contributed by atoms with Gasteiger partial charge >= 0.3 is 0 Å². The molecule has 5 nitrogen and oxygen atoms in total. The van der Waals surface area contributed by atoms with Crippen LogP contribution in [0.3, 0.4) is 0 Å². The van der Waals surface area contributed by atoms with Crippen LogP contribution in [0.25, 0.3) is 0 Å². The summed E-state index contributed by atoms with van der Waals surface area (Å²) < 4.78 is 2.76. The molecule has 0 radical (unpaired) electrons. The molecule has 0 atom stereocenters. The number of rotatable bonds is 2. The zero-order chi connectivity index (χ0) is 10.9. The third-order valence-electron chi connectivity index (χ3n) is 1.66. The molecule has 2 aromatic rings. The zero-order valence-corrected chi connectivity index (χ0v) is 10.3. The molecule has 7 heteroatoms. The maximum atomic E-state index is 4.19. The van der Waals surface area contributed by atoms with Crippen molar-refractivity contribution in [2.24, 2.45) is 0 Å². The molecule has 0 aliphatic rings. The molecule has 15 heavy (non-hydrogen) atoms. The van der Waals surface area contributed by atoms with Crippen LogP contribution in [0.2, 0.25) is 0 Å². The van der Waals surface area contributed by atoms with E-state index in [9.17, 15) is 0 Å². The Bertz CT molecular complexity index is 428. The van der Waals surface area contributed by atoms with Crippen LogP contribution in [-0.4, -0.2) is 25.2 Å². The lowest BCUT2D eigenvalue weighted by Crippen LogP contribution is -2.24. The van der Waals surface area contributed by atoms with Crippen LogP contribution in [-0.2, 0) is 5.54 Å². The molecule has 2 aromatic heterocycles. The van der Waals surface area contributed by atoms with E-state index in [4.69, 9.17) is 0 Å². The third-order valence-corrected chi connectivity index (χ3v) is 3.49. The summed E-state index contributed by atoms with van der Waals surface area (Å²) in [4.78, 5) is 4.19. The molecule has 2 rings (SSSR count). The van der Waals surface area contributed by atoms with Crippen LogP contribution in [0.5, 0.6) is 0 Å². The van der Waals surface area contributed by atoms with Gasteiger partial charge in [0.15, 0.2) is 4.34 Å². The van der Waals surface area contributed by atoms with E-state index >= 15 is 0 Å². The summed E-state index contributed by atoms with van der Waals surface area (Å²) in [6.07, 6.45) is 1.78. The van der Waals surface area contributed by atoms with Gasteiger partial charge in [0.2, 0.25) is 5.16 Å². The second-order valence-corrected chi connectivity index (χ2v) is 6.05. The lowest BCUT2D eigenvalue weighted by Gasteiger charge is -2.18. The largest absolute Gasteiger partial charge is 0.238 e. The molecular weight excluding hydrogens is 230 g/mol. The molecule has 2 heterocycles. The quantitative estimate of drug-likeness (QED) is 0.805. The molecule has 0 saturated heterocycles. The first-order chi connectivity index (χ1) is 7.07. The van der Waals surface area contributed by atoms with Crippen LogP contribution in [0.4, 0.5) is 0 Å². The minimum absolute atomic E-state index is 0.108. The summed E-state index contributed by atoms with van der Waals surface area (Å²) in [5, 5.41) is 14.4. The second kappa shape index (κ2) is 3.90. The number of aromatic nitrogens is 5. The molecule has 0 fully saturated rings. The second-order valence-electron chi connectivity index (χ2n) is 3.94. The van der Waals surface area contributed by atoms with Crippen molar-refractivity contribution in [3.05, 3.63) is 11.6 Å². The summed E-state index contributed by atoms with van der Waals surface area (Å²) in [5.74, 6) is 0. The summed E-state index contributed by atoms with van der Waals surface area (Å²) in [6.45, 7) is 6.19. The van der Waals surface area contributed by atoms with Gasteiger partial charge in [0.1, 0.15) is 0 Å². The maximum Gasteiger partial charge on any atom is 0.216 e. The van der Waals surface area contributed by atoms with E-state index in [2.05, 4.69) is 41.3 Å². The minimum atomic E-state index is -0.108. The number of hydrogen-bond donors (Lipinski definition) is 0. The Morgan fingerprint density at radius 3 is 2.80 bits per heavy atom. The van der Waals surface area contributed by atoms with Gasteiger partial charge in [-0.25, -0.2) is 9.67 Å². The van der Waals surface area contributed by atoms with Crippen molar-refractivity contribution in [1.29, 1.82) is 0 Å². The molecule has 80 valence electrons. The standard InChI is InChI=1S/C8H11N5S2/c1-8(2,3)13-6(10-11-12-13)15-7-9-4-5-14-7/h4-5H,1-3H3. The first-order valence-corrected chi connectivity index (χ1v) is 6.13. The Morgan fingerprint density at radius 1 is 1.40 bits per heavy atom. The normalized spacial score (nSPS) is 11.9. The van der Waals surface area contributed by atoms with Crippen LogP contribution in [0.1, 0.15) is 20.8 Å². The van der Waals surface area contributed by atoms with Crippen molar-refractivity contribution in [2.45, 2.75) is 35.8 Å². The summed E-state index contributed by atoms with van der Waals surface area (Å²) in [5.41, 5.74) is -0.108. The molecule has 0 saturated carbocycles. The SMILES string of the molecule is CC(C)(C)n1nnnc1Sc1nccs1. The van der Waals surface area contributed by atoms with Crippen molar-refractivity contribution in [2.75, 3.05) is 0 Å². The lowest BCUT2D eigenvalue weighted by molar-refractivity contribution is 0.321. The molecule has 0 aromatic carbocycles. The van der Waals surface area contributed by atoms with Gasteiger partial charge < -0.3 is 0 Å². The number of hydrogen-bond acceptors (Lipinski definition) is 6. The Hall–Kier alpha value is -0.950. The predicted octanol–water partition coefficient (Wildman–Crippen LogP) is 2.04. The zero-order valence-electron chi connectivity index (χ0n) is 8.71.